The van der Waals surface area contributed by atoms with Crippen LogP contribution in [0.4, 0.5) is 13.2 Å². The fourth-order valence-corrected chi connectivity index (χ4v) is 1.55. The van der Waals surface area contributed by atoms with E-state index in [1.807, 2.05) is 0 Å². The number of alkyl halides is 3. The lowest BCUT2D eigenvalue weighted by atomic mass is 10.1. The number of ether oxygens (including phenoxy) is 1. The van der Waals surface area contributed by atoms with Crippen LogP contribution in [0.3, 0.4) is 0 Å². The number of rotatable bonds is 3. The summed E-state index contributed by atoms with van der Waals surface area (Å²) in [4.78, 5) is 0. The second kappa shape index (κ2) is 4.86. The fraction of sp³-hybridized carbons (Fsp3) is 0.455. The number of hydrogen-bond acceptors (Lipinski definition) is 2. The van der Waals surface area contributed by atoms with Gasteiger partial charge in [-0.1, -0.05) is 0 Å². The third-order valence-corrected chi connectivity index (χ3v) is 2.48. The van der Waals surface area contributed by atoms with Crippen LogP contribution >= 0.6 is 15.9 Å². The Kier molecular flexibility index (Phi) is 4.09. The Hall–Kier alpha value is -0.750. The van der Waals surface area contributed by atoms with Crippen molar-refractivity contribution < 1.29 is 17.9 Å². The highest BCUT2D eigenvalue weighted by atomic mass is 79.9. The molecule has 0 amide bonds. The molecule has 1 aromatic rings. The van der Waals surface area contributed by atoms with E-state index >= 15 is 0 Å². The maximum absolute atomic E-state index is 12.4. The third-order valence-electron chi connectivity index (χ3n) is 1.86. The van der Waals surface area contributed by atoms with Crippen LogP contribution in [-0.4, -0.2) is 12.1 Å². The second-order valence-corrected chi connectivity index (χ2v) is 5.27. The van der Waals surface area contributed by atoms with Crippen molar-refractivity contribution in [2.75, 3.05) is 6.61 Å². The van der Waals surface area contributed by atoms with E-state index < -0.39 is 17.3 Å². The van der Waals surface area contributed by atoms with E-state index in [9.17, 15) is 13.2 Å². The minimum absolute atomic E-state index is 0.219. The maximum Gasteiger partial charge on any atom is 0.416 e. The van der Waals surface area contributed by atoms with Crippen LogP contribution < -0.4 is 10.5 Å². The van der Waals surface area contributed by atoms with Crippen molar-refractivity contribution in [2.24, 2.45) is 5.73 Å². The molecule has 2 nitrogen and oxygen atoms in total. The predicted octanol–water partition coefficient (Wildman–Crippen LogP) is 3.58. The van der Waals surface area contributed by atoms with Crippen molar-refractivity contribution in [3.63, 3.8) is 0 Å². The van der Waals surface area contributed by atoms with E-state index in [4.69, 9.17) is 10.5 Å². The van der Waals surface area contributed by atoms with Gasteiger partial charge in [-0.05, 0) is 48.0 Å². The van der Waals surface area contributed by atoms with Gasteiger partial charge in [0.1, 0.15) is 12.4 Å². The van der Waals surface area contributed by atoms with E-state index in [2.05, 4.69) is 15.9 Å². The molecule has 0 aliphatic carbocycles. The molecule has 17 heavy (non-hydrogen) atoms. The average Bonchev–Trinajstić information content (AvgIpc) is 2.12. The summed E-state index contributed by atoms with van der Waals surface area (Å²) in [6.45, 7) is 3.76. The maximum atomic E-state index is 12.4. The quantitative estimate of drug-likeness (QED) is 0.926. The summed E-state index contributed by atoms with van der Waals surface area (Å²) < 4.78 is 42.8. The molecular weight excluding hydrogens is 299 g/mol. The molecule has 1 rings (SSSR count). The van der Waals surface area contributed by atoms with Gasteiger partial charge in [0, 0.05) is 5.54 Å². The minimum atomic E-state index is -4.35. The van der Waals surface area contributed by atoms with Gasteiger partial charge in [-0.15, -0.1) is 0 Å². The zero-order valence-corrected chi connectivity index (χ0v) is 11.0. The van der Waals surface area contributed by atoms with Crippen molar-refractivity contribution in [1.29, 1.82) is 0 Å². The summed E-state index contributed by atoms with van der Waals surface area (Å²) in [5, 5.41) is 0. The normalized spacial score (nSPS) is 12.6. The molecule has 0 radical (unpaired) electrons. The van der Waals surface area contributed by atoms with Crippen LogP contribution in [0.2, 0.25) is 0 Å². The lowest BCUT2D eigenvalue weighted by molar-refractivity contribution is -0.137. The summed E-state index contributed by atoms with van der Waals surface area (Å²) in [5.41, 5.74) is 4.45. The van der Waals surface area contributed by atoms with Crippen molar-refractivity contribution >= 4 is 15.9 Å². The number of halogens is 4. The van der Waals surface area contributed by atoms with Gasteiger partial charge in [0.05, 0.1) is 10.0 Å². The SMILES string of the molecule is CC(C)(N)COc1ccc(C(F)(F)F)cc1Br. The van der Waals surface area contributed by atoms with Gasteiger partial charge in [-0.3, -0.25) is 0 Å². The lowest BCUT2D eigenvalue weighted by Crippen LogP contribution is -2.38. The molecule has 0 saturated carbocycles. The van der Waals surface area contributed by atoms with Crippen LogP contribution in [0.5, 0.6) is 5.75 Å². The summed E-state index contributed by atoms with van der Waals surface area (Å²) in [5.74, 6) is 0.344. The van der Waals surface area contributed by atoms with Crippen molar-refractivity contribution in [2.45, 2.75) is 25.6 Å². The zero-order valence-electron chi connectivity index (χ0n) is 9.44. The molecule has 0 heterocycles. The minimum Gasteiger partial charge on any atom is -0.491 e. The van der Waals surface area contributed by atoms with Crippen molar-refractivity contribution in [1.82, 2.24) is 0 Å². The van der Waals surface area contributed by atoms with Crippen molar-refractivity contribution in [3.8, 4) is 5.75 Å². The molecule has 0 saturated heterocycles. The van der Waals surface area contributed by atoms with Gasteiger partial charge >= 0.3 is 6.18 Å². The van der Waals surface area contributed by atoms with E-state index in [0.717, 1.165) is 12.1 Å². The Morgan fingerprint density at radius 2 is 1.88 bits per heavy atom. The molecule has 6 heteroatoms. The zero-order chi connectivity index (χ0) is 13.3. The molecule has 0 aliphatic heterocycles. The lowest BCUT2D eigenvalue weighted by Gasteiger charge is -2.20. The number of benzene rings is 1. The van der Waals surface area contributed by atoms with Crippen molar-refractivity contribution in [3.05, 3.63) is 28.2 Å². The molecule has 96 valence electrons. The Morgan fingerprint density at radius 1 is 1.29 bits per heavy atom. The van der Waals surface area contributed by atoms with Crippen LogP contribution in [0, 0.1) is 0 Å². The molecule has 0 aromatic heterocycles. The van der Waals surface area contributed by atoms with E-state index in [1.54, 1.807) is 13.8 Å². The summed E-state index contributed by atoms with van der Waals surface area (Å²) in [7, 11) is 0. The number of nitrogens with two attached hydrogens (primary N) is 1. The fourth-order valence-electron chi connectivity index (χ4n) is 1.06. The van der Waals surface area contributed by atoms with E-state index in [0.29, 0.717) is 5.75 Å². The smallest absolute Gasteiger partial charge is 0.416 e. The molecule has 0 fully saturated rings. The monoisotopic (exact) mass is 311 g/mol. The molecule has 0 bridgehead atoms. The molecular formula is C11H13BrF3NO. The highest BCUT2D eigenvalue weighted by Crippen LogP contribution is 2.34. The first kappa shape index (κ1) is 14.3. The Labute approximate surface area is 106 Å². The van der Waals surface area contributed by atoms with Gasteiger partial charge in [0.15, 0.2) is 0 Å². The van der Waals surface area contributed by atoms with Gasteiger partial charge in [0.2, 0.25) is 0 Å². The summed E-state index contributed by atoms with van der Waals surface area (Å²) >= 11 is 3.04. The van der Waals surface area contributed by atoms with Crippen LogP contribution in [0.15, 0.2) is 22.7 Å². The summed E-state index contributed by atoms with van der Waals surface area (Å²) in [6.07, 6.45) is -4.35. The van der Waals surface area contributed by atoms with Crippen LogP contribution in [-0.2, 0) is 6.18 Å². The van der Waals surface area contributed by atoms with Gasteiger partial charge in [0.25, 0.3) is 0 Å². The second-order valence-electron chi connectivity index (χ2n) is 4.42. The Morgan fingerprint density at radius 3 is 2.29 bits per heavy atom. The summed E-state index contributed by atoms with van der Waals surface area (Å²) in [6, 6.07) is 3.24. The molecule has 0 aliphatic rings. The Bertz CT molecular complexity index is 399. The standard InChI is InChI=1S/C11H13BrF3NO/c1-10(2,16)6-17-9-4-3-7(5-8(9)12)11(13,14)15/h3-5H,6,16H2,1-2H3. The highest BCUT2D eigenvalue weighted by Gasteiger charge is 2.31. The average molecular weight is 312 g/mol. The molecule has 0 atom stereocenters. The third kappa shape index (κ3) is 4.55. The van der Waals surface area contributed by atoms with E-state index in [1.165, 1.54) is 6.07 Å². The van der Waals surface area contributed by atoms with Gasteiger partial charge in [-0.2, -0.15) is 13.2 Å². The van der Waals surface area contributed by atoms with Gasteiger partial charge in [-0.25, -0.2) is 0 Å². The Balaban J connectivity index is 2.84. The van der Waals surface area contributed by atoms with Gasteiger partial charge < -0.3 is 10.5 Å². The predicted molar refractivity (Wildman–Crippen MR) is 62.9 cm³/mol. The molecule has 0 unspecified atom stereocenters. The topological polar surface area (TPSA) is 35.2 Å². The van der Waals surface area contributed by atoms with Crippen LogP contribution in [0.25, 0.3) is 0 Å². The molecule has 0 spiro atoms. The molecule has 2 N–H and O–H groups in total. The first-order valence-electron chi connectivity index (χ1n) is 4.88. The largest absolute Gasteiger partial charge is 0.491 e. The van der Waals surface area contributed by atoms with E-state index in [-0.39, 0.29) is 11.1 Å². The first-order valence-corrected chi connectivity index (χ1v) is 5.67. The highest BCUT2D eigenvalue weighted by molar-refractivity contribution is 9.10. The molecule has 1 aromatic carbocycles. The first-order chi connectivity index (χ1) is 7.59. The number of hydrogen-bond donors (Lipinski definition) is 1. The van der Waals surface area contributed by atoms with Crippen LogP contribution in [0.1, 0.15) is 19.4 Å².